The maximum absolute atomic E-state index is 13.4. The number of benzene rings is 1. The van der Waals surface area contributed by atoms with Crippen LogP contribution >= 0.6 is 24.0 Å². The van der Waals surface area contributed by atoms with Crippen LogP contribution in [0.2, 0.25) is 0 Å². The van der Waals surface area contributed by atoms with Crippen LogP contribution in [0.4, 0.5) is 4.39 Å². The second kappa shape index (κ2) is 7.52. The molecule has 0 heterocycles. The van der Waals surface area contributed by atoms with Crippen LogP contribution < -0.4 is 15.8 Å². The number of methoxy groups -OCH3 is 1. The molecule has 0 aromatic heterocycles. The van der Waals surface area contributed by atoms with Gasteiger partial charge in [0.05, 0.1) is 13.7 Å². The van der Waals surface area contributed by atoms with E-state index in [1.165, 1.54) is 13.2 Å². The Labute approximate surface area is 130 Å². The molecule has 1 aromatic carbocycles. The topological polar surface area (TPSA) is 59.6 Å². The van der Waals surface area contributed by atoms with Gasteiger partial charge in [-0.25, -0.2) is 9.38 Å². The lowest BCUT2D eigenvalue weighted by Gasteiger charge is -2.21. The van der Waals surface area contributed by atoms with Crippen molar-refractivity contribution in [1.29, 1.82) is 0 Å². The quantitative estimate of drug-likeness (QED) is 0.481. The number of aliphatic imine (C=N–C) groups is 1. The van der Waals surface area contributed by atoms with Crippen molar-refractivity contribution in [3.63, 3.8) is 0 Å². The molecule has 108 valence electrons. The number of nitrogens with two attached hydrogens (primary N) is 1. The van der Waals surface area contributed by atoms with Crippen molar-refractivity contribution in [1.82, 2.24) is 5.32 Å². The number of nitrogens with one attached hydrogen (secondary N) is 1. The van der Waals surface area contributed by atoms with Crippen LogP contribution in [0.1, 0.15) is 26.3 Å². The molecule has 0 radical (unpaired) electrons. The molecule has 0 aliphatic heterocycles. The SMILES string of the molecule is COc1ccc(CN=C(N)NC(C)(C)C)cc1F.I. The van der Waals surface area contributed by atoms with Crippen LogP contribution in [-0.4, -0.2) is 18.6 Å². The van der Waals surface area contributed by atoms with Crippen LogP contribution in [0, 0.1) is 5.82 Å². The van der Waals surface area contributed by atoms with Gasteiger partial charge < -0.3 is 15.8 Å². The first-order valence-electron chi connectivity index (χ1n) is 5.72. The zero-order valence-corrected chi connectivity index (χ0v) is 14.0. The van der Waals surface area contributed by atoms with E-state index < -0.39 is 5.82 Å². The van der Waals surface area contributed by atoms with Crippen molar-refractivity contribution in [3.8, 4) is 5.75 Å². The summed E-state index contributed by atoms with van der Waals surface area (Å²) >= 11 is 0. The molecule has 1 aromatic rings. The average Bonchev–Trinajstić information content (AvgIpc) is 2.24. The monoisotopic (exact) mass is 381 g/mol. The predicted octanol–water partition coefficient (Wildman–Crippen LogP) is 2.66. The zero-order valence-electron chi connectivity index (χ0n) is 11.7. The molecule has 4 nitrogen and oxygen atoms in total. The minimum absolute atomic E-state index is 0. The van der Waals surface area contributed by atoms with Crippen molar-refractivity contribution in [2.75, 3.05) is 7.11 Å². The van der Waals surface area contributed by atoms with E-state index in [0.29, 0.717) is 12.5 Å². The van der Waals surface area contributed by atoms with Crippen molar-refractivity contribution in [3.05, 3.63) is 29.6 Å². The Kier molecular flexibility index (Phi) is 7.10. The molecule has 0 aliphatic carbocycles. The summed E-state index contributed by atoms with van der Waals surface area (Å²) in [5.74, 6) is 0.176. The Hall–Kier alpha value is -1.05. The van der Waals surface area contributed by atoms with Gasteiger partial charge >= 0.3 is 0 Å². The Morgan fingerprint density at radius 3 is 2.53 bits per heavy atom. The van der Waals surface area contributed by atoms with E-state index in [0.717, 1.165) is 5.56 Å². The predicted molar refractivity (Wildman–Crippen MR) is 86.6 cm³/mol. The lowest BCUT2D eigenvalue weighted by atomic mass is 10.1. The van der Waals surface area contributed by atoms with Crippen molar-refractivity contribution < 1.29 is 9.13 Å². The van der Waals surface area contributed by atoms with Gasteiger partial charge in [-0.05, 0) is 38.5 Å². The van der Waals surface area contributed by atoms with E-state index in [1.807, 2.05) is 20.8 Å². The molecule has 0 saturated carbocycles. The van der Waals surface area contributed by atoms with Crippen LogP contribution in [0.3, 0.4) is 0 Å². The molecular weight excluding hydrogens is 360 g/mol. The first kappa shape index (κ1) is 17.9. The van der Waals surface area contributed by atoms with Crippen molar-refractivity contribution in [2.45, 2.75) is 32.9 Å². The zero-order chi connectivity index (χ0) is 13.8. The first-order valence-corrected chi connectivity index (χ1v) is 5.72. The van der Waals surface area contributed by atoms with Gasteiger partial charge in [0.25, 0.3) is 0 Å². The largest absolute Gasteiger partial charge is 0.494 e. The van der Waals surface area contributed by atoms with Gasteiger partial charge in [0.1, 0.15) is 0 Å². The Balaban J connectivity index is 0.00000324. The lowest BCUT2D eigenvalue weighted by Crippen LogP contribution is -2.44. The normalized spacial score (nSPS) is 11.7. The van der Waals surface area contributed by atoms with Crippen LogP contribution in [0.25, 0.3) is 0 Å². The van der Waals surface area contributed by atoms with Gasteiger partial charge in [-0.3, -0.25) is 0 Å². The van der Waals surface area contributed by atoms with E-state index in [2.05, 4.69) is 10.3 Å². The van der Waals surface area contributed by atoms with Gasteiger partial charge in [0.2, 0.25) is 0 Å². The molecule has 0 fully saturated rings. The Morgan fingerprint density at radius 1 is 1.42 bits per heavy atom. The lowest BCUT2D eigenvalue weighted by molar-refractivity contribution is 0.386. The van der Waals surface area contributed by atoms with Crippen LogP contribution in [0.5, 0.6) is 5.75 Å². The fourth-order valence-electron chi connectivity index (χ4n) is 1.41. The third kappa shape index (κ3) is 6.60. The molecule has 0 amide bonds. The van der Waals surface area contributed by atoms with Crippen molar-refractivity contribution >= 4 is 29.9 Å². The molecule has 0 atom stereocenters. The summed E-state index contributed by atoms with van der Waals surface area (Å²) < 4.78 is 18.3. The molecular formula is C13H21FIN3O. The highest BCUT2D eigenvalue weighted by Gasteiger charge is 2.09. The van der Waals surface area contributed by atoms with Crippen LogP contribution in [0.15, 0.2) is 23.2 Å². The molecule has 19 heavy (non-hydrogen) atoms. The summed E-state index contributed by atoms with van der Waals surface area (Å²) in [4.78, 5) is 4.15. The molecule has 0 unspecified atom stereocenters. The minimum Gasteiger partial charge on any atom is -0.494 e. The van der Waals surface area contributed by atoms with E-state index in [-0.39, 0.29) is 35.3 Å². The molecule has 6 heteroatoms. The smallest absolute Gasteiger partial charge is 0.189 e. The van der Waals surface area contributed by atoms with Crippen molar-refractivity contribution in [2.24, 2.45) is 10.7 Å². The van der Waals surface area contributed by atoms with Gasteiger partial charge in [0.15, 0.2) is 17.5 Å². The Bertz CT molecular complexity index is 444. The van der Waals surface area contributed by atoms with Gasteiger partial charge in [0, 0.05) is 5.54 Å². The summed E-state index contributed by atoms with van der Waals surface area (Å²) in [5.41, 5.74) is 6.32. The van der Waals surface area contributed by atoms with Crippen LogP contribution in [-0.2, 0) is 6.54 Å². The summed E-state index contributed by atoms with van der Waals surface area (Å²) in [5, 5.41) is 3.04. The fraction of sp³-hybridized carbons (Fsp3) is 0.462. The van der Waals surface area contributed by atoms with E-state index in [1.54, 1.807) is 12.1 Å². The standard InChI is InChI=1S/C13H20FN3O.HI/c1-13(2,3)17-12(15)16-8-9-5-6-11(18-4)10(14)7-9;/h5-7H,8H2,1-4H3,(H3,15,16,17);1H. The summed E-state index contributed by atoms with van der Waals surface area (Å²) in [6, 6.07) is 4.73. The third-order valence-corrected chi connectivity index (χ3v) is 2.15. The van der Waals surface area contributed by atoms with Gasteiger partial charge in [-0.2, -0.15) is 0 Å². The molecule has 0 aliphatic rings. The maximum atomic E-state index is 13.4. The molecule has 3 N–H and O–H groups in total. The van der Waals surface area contributed by atoms with E-state index in [4.69, 9.17) is 10.5 Å². The Morgan fingerprint density at radius 2 is 2.05 bits per heavy atom. The highest BCUT2D eigenvalue weighted by atomic mass is 127. The maximum Gasteiger partial charge on any atom is 0.189 e. The number of hydrogen-bond donors (Lipinski definition) is 2. The third-order valence-electron chi connectivity index (χ3n) is 2.15. The summed E-state index contributed by atoms with van der Waals surface area (Å²) in [6.45, 7) is 6.29. The molecule has 1 rings (SSSR count). The number of rotatable bonds is 3. The highest BCUT2D eigenvalue weighted by Crippen LogP contribution is 2.17. The molecule has 0 spiro atoms. The first-order chi connectivity index (χ1) is 8.31. The molecule has 0 saturated heterocycles. The number of ether oxygens (including phenoxy) is 1. The molecule has 0 bridgehead atoms. The summed E-state index contributed by atoms with van der Waals surface area (Å²) in [6.07, 6.45) is 0. The number of nitrogens with zero attached hydrogens (tertiary/aromatic N) is 1. The van der Waals surface area contributed by atoms with Gasteiger partial charge in [-0.15, -0.1) is 24.0 Å². The second-order valence-corrected chi connectivity index (χ2v) is 5.05. The van der Waals surface area contributed by atoms with E-state index in [9.17, 15) is 4.39 Å². The minimum atomic E-state index is -0.396. The average molecular weight is 381 g/mol. The van der Waals surface area contributed by atoms with E-state index >= 15 is 0 Å². The number of guanidine groups is 1. The second-order valence-electron chi connectivity index (χ2n) is 5.05. The van der Waals surface area contributed by atoms with Gasteiger partial charge in [-0.1, -0.05) is 6.07 Å². The number of hydrogen-bond acceptors (Lipinski definition) is 2. The number of halogens is 2. The summed E-state index contributed by atoms with van der Waals surface area (Å²) in [7, 11) is 1.43. The fourth-order valence-corrected chi connectivity index (χ4v) is 1.41. The highest BCUT2D eigenvalue weighted by molar-refractivity contribution is 14.0.